The fourth-order valence-electron chi connectivity index (χ4n) is 2.04. The average Bonchev–Trinajstić information content (AvgIpc) is 1.78. The van der Waals surface area contributed by atoms with E-state index in [9.17, 15) is 4.79 Å². The molecule has 0 spiro atoms. The van der Waals surface area contributed by atoms with Gasteiger partial charge in [-0.1, -0.05) is 20.8 Å². The SMILES string of the molecule is CC(NC(C)(C)CC(C)(C)C)OC=O. The quantitative estimate of drug-likeness (QED) is 0.548. The van der Waals surface area contributed by atoms with E-state index in [1.807, 2.05) is 6.92 Å². The van der Waals surface area contributed by atoms with Gasteiger partial charge < -0.3 is 4.74 Å². The third-order valence-corrected chi connectivity index (χ3v) is 1.83. The Balaban J connectivity index is 4.12. The minimum atomic E-state index is -0.232. The van der Waals surface area contributed by atoms with E-state index < -0.39 is 0 Å². The lowest BCUT2D eigenvalue weighted by Crippen LogP contribution is -2.47. The average molecular weight is 201 g/mol. The summed E-state index contributed by atoms with van der Waals surface area (Å²) in [6.07, 6.45) is 0.789. The summed E-state index contributed by atoms with van der Waals surface area (Å²) in [4.78, 5) is 10.1. The van der Waals surface area contributed by atoms with Gasteiger partial charge in [-0.2, -0.15) is 0 Å². The minimum Gasteiger partial charge on any atom is -0.449 e. The number of carbonyl (C=O) groups is 1. The normalized spacial score (nSPS) is 15.0. The van der Waals surface area contributed by atoms with E-state index in [0.29, 0.717) is 6.47 Å². The molecule has 0 aliphatic heterocycles. The molecule has 14 heavy (non-hydrogen) atoms. The first-order valence-corrected chi connectivity index (χ1v) is 5.03. The molecule has 84 valence electrons. The second-order valence-corrected chi connectivity index (χ2v) is 5.64. The predicted molar refractivity (Wildman–Crippen MR) is 57.9 cm³/mol. The summed E-state index contributed by atoms with van der Waals surface area (Å²) in [6.45, 7) is 13.1. The largest absolute Gasteiger partial charge is 0.449 e. The highest BCUT2D eigenvalue weighted by atomic mass is 16.5. The second kappa shape index (κ2) is 4.78. The van der Waals surface area contributed by atoms with Crippen LogP contribution < -0.4 is 5.32 Å². The molecule has 0 bridgehead atoms. The zero-order chi connectivity index (χ0) is 11.4. The fraction of sp³-hybridized carbons (Fsp3) is 0.909. The van der Waals surface area contributed by atoms with Crippen LogP contribution in [-0.4, -0.2) is 18.2 Å². The third kappa shape index (κ3) is 6.89. The lowest BCUT2D eigenvalue weighted by Gasteiger charge is -2.35. The van der Waals surface area contributed by atoms with Crippen molar-refractivity contribution in [3.8, 4) is 0 Å². The van der Waals surface area contributed by atoms with Crippen molar-refractivity contribution >= 4 is 6.47 Å². The van der Waals surface area contributed by atoms with Crippen molar-refractivity contribution in [1.82, 2.24) is 5.32 Å². The fourth-order valence-corrected chi connectivity index (χ4v) is 2.04. The minimum absolute atomic E-state index is 0.0271. The Labute approximate surface area is 87.2 Å². The second-order valence-electron chi connectivity index (χ2n) is 5.64. The Morgan fingerprint density at radius 2 is 1.79 bits per heavy atom. The maximum Gasteiger partial charge on any atom is 0.294 e. The van der Waals surface area contributed by atoms with E-state index >= 15 is 0 Å². The highest BCUT2D eigenvalue weighted by Gasteiger charge is 2.26. The predicted octanol–water partition coefficient (Wildman–Crippen LogP) is 2.31. The van der Waals surface area contributed by atoms with Gasteiger partial charge in [0, 0.05) is 5.54 Å². The summed E-state index contributed by atoms with van der Waals surface area (Å²) in [5, 5.41) is 3.26. The monoisotopic (exact) mass is 201 g/mol. The highest BCUT2D eigenvalue weighted by Crippen LogP contribution is 2.27. The number of carbonyl (C=O) groups excluding carboxylic acids is 1. The van der Waals surface area contributed by atoms with Crippen LogP contribution in [0.5, 0.6) is 0 Å². The van der Waals surface area contributed by atoms with E-state index in [1.54, 1.807) is 0 Å². The summed E-state index contributed by atoms with van der Waals surface area (Å²) >= 11 is 0. The molecule has 0 aromatic heterocycles. The number of hydrogen-bond acceptors (Lipinski definition) is 3. The van der Waals surface area contributed by atoms with Crippen molar-refractivity contribution in [3.63, 3.8) is 0 Å². The first kappa shape index (κ1) is 13.4. The van der Waals surface area contributed by atoms with Crippen LogP contribution in [-0.2, 0) is 9.53 Å². The number of rotatable bonds is 5. The van der Waals surface area contributed by atoms with Crippen molar-refractivity contribution in [3.05, 3.63) is 0 Å². The number of hydrogen-bond donors (Lipinski definition) is 1. The Morgan fingerprint density at radius 3 is 2.14 bits per heavy atom. The van der Waals surface area contributed by atoms with Crippen molar-refractivity contribution in [1.29, 1.82) is 0 Å². The van der Waals surface area contributed by atoms with Gasteiger partial charge in [0.15, 0.2) is 6.23 Å². The Morgan fingerprint density at radius 1 is 1.29 bits per heavy atom. The molecule has 0 aliphatic rings. The lowest BCUT2D eigenvalue weighted by atomic mass is 9.82. The molecule has 1 atom stereocenters. The molecule has 0 fully saturated rings. The number of ether oxygens (including phenoxy) is 1. The maximum atomic E-state index is 10.1. The van der Waals surface area contributed by atoms with E-state index in [1.165, 1.54) is 0 Å². The summed E-state index contributed by atoms with van der Waals surface area (Å²) < 4.78 is 4.80. The van der Waals surface area contributed by atoms with Crippen molar-refractivity contribution < 1.29 is 9.53 Å². The zero-order valence-electron chi connectivity index (χ0n) is 10.2. The van der Waals surface area contributed by atoms with Crippen LogP contribution >= 0.6 is 0 Å². The standard InChI is InChI=1S/C11H23NO2/c1-9(14-8-13)12-11(5,6)7-10(2,3)4/h8-9,12H,7H2,1-6H3. The van der Waals surface area contributed by atoms with E-state index in [0.717, 1.165) is 6.42 Å². The van der Waals surface area contributed by atoms with Gasteiger partial charge >= 0.3 is 0 Å². The Kier molecular flexibility index (Phi) is 4.59. The molecule has 1 N–H and O–H groups in total. The van der Waals surface area contributed by atoms with Crippen molar-refractivity contribution in [2.45, 2.75) is 59.7 Å². The molecule has 0 aromatic rings. The van der Waals surface area contributed by atoms with Crippen LogP contribution in [0.4, 0.5) is 0 Å². The van der Waals surface area contributed by atoms with Gasteiger partial charge in [0.05, 0.1) is 0 Å². The van der Waals surface area contributed by atoms with Crippen LogP contribution in [0.15, 0.2) is 0 Å². The molecule has 0 aliphatic carbocycles. The van der Waals surface area contributed by atoms with E-state index in [4.69, 9.17) is 4.74 Å². The van der Waals surface area contributed by atoms with Crippen molar-refractivity contribution in [2.75, 3.05) is 0 Å². The molecule has 0 saturated carbocycles. The third-order valence-electron chi connectivity index (χ3n) is 1.83. The first-order valence-electron chi connectivity index (χ1n) is 5.03. The molecule has 1 unspecified atom stereocenters. The van der Waals surface area contributed by atoms with E-state index in [-0.39, 0.29) is 17.2 Å². The molecule has 3 nitrogen and oxygen atoms in total. The molecule has 0 radical (unpaired) electrons. The van der Waals surface area contributed by atoms with Crippen LogP contribution in [0.2, 0.25) is 0 Å². The van der Waals surface area contributed by atoms with Crippen LogP contribution in [0.3, 0.4) is 0 Å². The molecule has 0 rings (SSSR count). The van der Waals surface area contributed by atoms with Crippen LogP contribution in [0, 0.1) is 5.41 Å². The molecule has 0 heterocycles. The topological polar surface area (TPSA) is 38.3 Å². The summed E-state index contributed by atoms with van der Waals surface area (Å²) in [5.74, 6) is 0. The first-order chi connectivity index (χ1) is 6.16. The Hall–Kier alpha value is -0.570. The van der Waals surface area contributed by atoms with Crippen molar-refractivity contribution in [2.24, 2.45) is 5.41 Å². The van der Waals surface area contributed by atoms with Gasteiger partial charge in [-0.15, -0.1) is 0 Å². The zero-order valence-corrected chi connectivity index (χ0v) is 10.2. The van der Waals surface area contributed by atoms with Gasteiger partial charge in [0.1, 0.15) is 0 Å². The molecule has 0 aromatic carbocycles. The van der Waals surface area contributed by atoms with E-state index in [2.05, 4.69) is 39.9 Å². The lowest BCUT2D eigenvalue weighted by molar-refractivity contribution is -0.135. The highest BCUT2D eigenvalue weighted by molar-refractivity contribution is 5.37. The maximum absolute atomic E-state index is 10.1. The summed E-state index contributed by atoms with van der Waals surface area (Å²) in [6, 6.07) is 0. The molecular weight excluding hydrogens is 178 g/mol. The van der Waals surface area contributed by atoms with Gasteiger partial charge in [0.2, 0.25) is 0 Å². The number of nitrogens with one attached hydrogen (secondary N) is 1. The van der Waals surface area contributed by atoms with Gasteiger partial charge in [-0.25, -0.2) is 0 Å². The summed E-state index contributed by atoms with van der Waals surface area (Å²) in [7, 11) is 0. The van der Waals surface area contributed by atoms with Gasteiger partial charge in [-0.05, 0) is 32.6 Å². The smallest absolute Gasteiger partial charge is 0.294 e. The van der Waals surface area contributed by atoms with Crippen LogP contribution in [0.1, 0.15) is 48.0 Å². The molecule has 0 amide bonds. The van der Waals surface area contributed by atoms with Crippen LogP contribution in [0.25, 0.3) is 0 Å². The molecular formula is C11H23NO2. The summed E-state index contributed by atoms with van der Waals surface area (Å²) in [5.41, 5.74) is 0.234. The molecule has 0 saturated heterocycles. The molecule has 3 heteroatoms. The van der Waals surface area contributed by atoms with Gasteiger partial charge in [-0.3, -0.25) is 10.1 Å². The van der Waals surface area contributed by atoms with Gasteiger partial charge in [0.25, 0.3) is 6.47 Å². The Bertz CT molecular complexity index is 182.